The van der Waals surface area contributed by atoms with E-state index in [1.54, 1.807) is 0 Å². The maximum Gasteiger partial charge on any atom is 0.160 e. The third-order valence-corrected chi connectivity index (χ3v) is 14.7. The second-order valence-electron chi connectivity index (χ2n) is 17.1. The van der Waals surface area contributed by atoms with Crippen molar-refractivity contribution in [3.63, 3.8) is 0 Å². The molecule has 0 spiro atoms. The summed E-state index contributed by atoms with van der Waals surface area (Å²) in [5, 5.41) is 5.29. The van der Waals surface area contributed by atoms with Crippen molar-refractivity contribution in [2.75, 3.05) is 0 Å². The molecule has 0 N–H and O–H groups in total. The van der Waals surface area contributed by atoms with Gasteiger partial charge in [-0.15, -0.1) is 11.8 Å². The number of nitrogens with zero attached hydrogens (tertiary/aromatic N) is 4. The first-order chi connectivity index (χ1) is 31.6. The Hall–Kier alpha value is -7.65. The first-order valence-corrected chi connectivity index (χ1v) is 23.0. The molecule has 3 atom stereocenters. The third-order valence-electron chi connectivity index (χ3n) is 13.3. The summed E-state index contributed by atoms with van der Waals surface area (Å²) >= 11 is 1.95. The molecule has 0 fully saturated rings. The monoisotopic (exact) mass is 836 g/mol. The van der Waals surface area contributed by atoms with Crippen LogP contribution < -0.4 is 0 Å². The molecule has 302 valence electrons. The summed E-state index contributed by atoms with van der Waals surface area (Å²) in [5.41, 5.74) is 15.6. The Kier molecular flexibility index (Phi) is 8.51. The number of thioether (sulfide) groups is 1. The SMILES string of the molecule is CC1CC#CC=C1n1c2ccccc2c2cc(-c3cc(-c4cc(-c5cccc6c5C5C=CC=CC5S6)nc(-c5ccccc5)n4)cc(-n4c5ccccc5c5ccccc54)c3)ccc21. The van der Waals surface area contributed by atoms with Gasteiger partial charge in [0, 0.05) is 84.1 Å². The highest BCUT2D eigenvalue weighted by atomic mass is 32.2. The van der Waals surface area contributed by atoms with Crippen LogP contribution in [0.4, 0.5) is 0 Å². The molecule has 64 heavy (non-hydrogen) atoms. The number of hydrogen-bond acceptors (Lipinski definition) is 3. The van der Waals surface area contributed by atoms with Crippen molar-refractivity contribution in [2.24, 2.45) is 5.92 Å². The van der Waals surface area contributed by atoms with Crippen LogP contribution in [0, 0.1) is 17.8 Å². The second-order valence-corrected chi connectivity index (χ2v) is 18.4. The molecular formula is C59H40N4S. The minimum absolute atomic E-state index is 0.288. The average Bonchev–Trinajstić information content (AvgIpc) is 4.02. The van der Waals surface area contributed by atoms with E-state index in [9.17, 15) is 0 Å². The molecule has 4 heterocycles. The standard InChI is InChI=1S/C59H40N4S/c1-37-16-5-10-24-51(37)63-54-27-13-8-21-45(54)48-35-39(30-31-55(48)63)40-32-41(34-42(33-40)62-52-25-11-6-19-43(52)44-20-7-12-26-53(44)62)49-36-50(61-59(60-49)38-17-3-2-4-18-38)46-23-15-29-57-58(46)47-22-9-14-28-56(47)64-57/h2-4,6-9,11-15,17-37,47,56H,16H2,1H3. The van der Waals surface area contributed by atoms with Gasteiger partial charge >= 0.3 is 0 Å². The van der Waals surface area contributed by atoms with Crippen molar-refractivity contribution in [1.82, 2.24) is 19.1 Å². The molecule has 0 amide bonds. The van der Waals surface area contributed by atoms with Crippen molar-refractivity contribution in [3.05, 3.63) is 200 Å². The van der Waals surface area contributed by atoms with E-state index in [0.717, 1.165) is 62.3 Å². The van der Waals surface area contributed by atoms with Gasteiger partial charge in [-0.05, 0) is 77.4 Å². The van der Waals surface area contributed by atoms with Crippen LogP contribution >= 0.6 is 11.8 Å². The molecule has 10 aromatic rings. The van der Waals surface area contributed by atoms with Gasteiger partial charge in [-0.2, -0.15) is 0 Å². The fourth-order valence-electron chi connectivity index (χ4n) is 10.3. The molecular weight excluding hydrogens is 797 g/mol. The predicted octanol–water partition coefficient (Wildman–Crippen LogP) is 14.9. The van der Waals surface area contributed by atoms with Gasteiger partial charge in [0.05, 0.1) is 33.5 Å². The third kappa shape index (κ3) is 5.87. The van der Waals surface area contributed by atoms with Crippen LogP contribution in [0.3, 0.4) is 0 Å². The largest absolute Gasteiger partial charge is 0.312 e. The molecule has 1 aliphatic heterocycles. The lowest BCUT2D eigenvalue weighted by Crippen LogP contribution is -2.08. The molecule has 3 aliphatic rings. The first kappa shape index (κ1) is 37.0. The lowest BCUT2D eigenvalue weighted by molar-refractivity contribution is 0.741. The number of para-hydroxylation sites is 3. The predicted molar refractivity (Wildman–Crippen MR) is 268 cm³/mol. The van der Waals surface area contributed by atoms with Crippen molar-refractivity contribution in [3.8, 4) is 62.6 Å². The lowest BCUT2D eigenvalue weighted by atomic mass is 9.87. The van der Waals surface area contributed by atoms with Crippen LogP contribution in [-0.2, 0) is 0 Å². The number of fused-ring (bicyclic) bond motifs is 9. The Morgan fingerprint density at radius 2 is 1.22 bits per heavy atom. The van der Waals surface area contributed by atoms with E-state index in [1.165, 1.54) is 48.7 Å². The highest BCUT2D eigenvalue weighted by Gasteiger charge is 2.34. The van der Waals surface area contributed by atoms with Crippen molar-refractivity contribution >= 4 is 61.1 Å². The van der Waals surface area contributed by atoms with Crippen molar-refractivity contribution in [1.29, 1.82) is 0 Å². The highest BCUT2D eigenvalue weighted by Crippen LogP contribution is 2.51. The van der Waals surface area contributed by atoms with Crippen LogP contribution in [0.25, 0.3) is 100 Å². The maximum atomic E-state index is 5.44. The van der Waals surface area contributed by atoms with Crippen LogP contribution in [0.15, 0.2) is 199 Å². The van der Waals surface area contributed by atoms with E-state index in [2.05, 4.69) is 222 Å². The zero-order valence-electron chi connectivity index (χ0n) is 35.1. The number of hydrogen-bond donors (Lipinski definition) is 0. The number of benzene rings is 7. The quantitative estimate of drug-likeness (QED) is 0.157. The van der Waals surface area contributed by atoms with Crippen molar-refractivity contribution < 1.29 is 0 Å². The van der Waals surface area contributed by atoms with E-state index in [4.69, 9.17) is 9.97 Å². The highest BCUT2D eigenvalue weighted by molar-refractivity contribution is 8.00. The first-order valence-electron chi connectivity index (χ1n) is 22.1. The summed E-state index contributed by atoms with van der Waals surface area (Å²) in [5.74, 6) is 7.92. The number of rotatable bonds is 6. The average molecular weight is 837 g/mol. The molecule has 7 aromatic carbocycles. The van der Waals surface area contributed by atoms with Crippen LogP contribution in [0.2, 0.25) is 0 Å². The molecule has 5 heteroatoms. The van der Waals surface area contributed by atoms with Gasteiger partial charge in [0.2, 0.25) is 0 Å². The van der Waals surface area contributed by atoms with Gasteiger partial charge in [-0.25, -0.2) is 9.97 Å². The molecule has 0 bridgehead atoms. The van der Waals surface area contributed by atoms with Gasteiger partial charge in [-0.3, -0.25) is 0 Å². The summed E-state index contributed by atoms with van der Waals surface area (Å²) in [6, 6.07) is 59.6. The van der Waals surface area contributed by atoms with Gasteiger partial charge < -0.3 is 9.13 Å². The Labute approximate surface area is 376 Å². The lowest BCUT2D eigenvalue weighted by Gasteiger charge is -2.19. The Morgan fingerprint density at radius 3 is 2.00 bits per heavy atom. The smallest absolute Gasteiger partial charge is 0.160 e. The number of allylic oxidation sites excluding steroid dienone is 5. The van der Waals surface area contributed by atoms with Gasteiger partial charge in [0.1, 0.15) is 0 Å². The molecule has 3 aromatic heterocycles. The normalized spacial score (nSPS) is 17.5. The zero-order valence-corrected chi connectivity index (χ0v) is 35.9. The minimum Gasteiger partial charge on any atom is -0.312 e. The number of aromatic nitrogens is 4. The van der Waals surface area contributed by atoms with Gasteiger partial charge in [0.15, 0.2) is 5.82 Å². The van der Waals surface area contributed by atoms with Crippen LogP contribution in [0.5, 0.6) is 0 Å². The molecule has 0 saturated heterocycles. The topological polar surface area (TPSA) is 35.6 Å². The Bertz CT molecular complexity index is 3670. The summed E-state index contributed by atoms with van der Waals surface area (Å²) in [4.78, 5) is 12.1. The van der Waals surface area contributed by atoms with E-state index < -0.39 is 0 Å². The van der Waals surface area contributed by atoms with E-state index in [0.29, 0.717) is 17.0 Å². The molecule has 4 nitrogen and oxygen atoms in total. The van der Waals surface area contributed by atoms with Crippen molar-refractivity contribution in [2.45, 2.75) is 29.4 Å². The van der Waals surface area contributed by atoms with E-state index in [-0.39, 0.29) is 5.92 Å². The molecule has 3 unspecified atom stereocenters. The second kappa shape index (κ2) is 14.7. The summed E-state index contributed by atoms with van der Waals surface area (Å²) in [6.45, 7) is 2.28. The maximum absolute atomic E-state index is 5.44. The summed E-state index contributed by atoms with van der Waals surface area (Å²) in [6.07, 6.45) is 12.0. The molecule has 13 rings (SSSR count). The van der Waals surface area contributed by atoms with Crippen LogP contribution in [0.1, 0.15) is 24.8 Å². The molecule has 2 aliphatic carbocycles. The Morgan fingerprint density at radius 1 is 0.547 bits per heavy atom. The summed E-state index contributed by atoms with van der Waals surface area (Å²) < 4.78 is 4.85. The zero-order chi connectivity index (χ0) is 42.3. The molecule has 0 saturated carbocycles. The summed E-state index contributed by atoms with van der Waals surface area (Å²) in [7, 11) is 0. The Balaban J connectivity index is 1.07. The fraction of sp³-hybridized carbons (Fsp3) is 0.0847. The molecule has 0 radical (unpaired) electrons. The van der Waals surface area contributed by atoms with Gasteiger partial charge in [-0.1, -0.05) is 146 Å². The van der Waals surface area contributed by atoms with Gasteiger partial charge in [0.25, 0.3) is 0 Å². The van der Waals surface area contributed by atoms with E-state index in [1.807, 2.05) is 11.8 Å². The van der Waals surface area contributed by atoms with E-state index >= 15 is 0 Å². The minimum atomic E-state index is 0.288. The fourth-order valence-corrected chi connectivity index (χ4v) is 11.7. The van der Waals surface area contributed by atoms with Crippen LogP contribution in [-0.4, -0.2) is 24.4 Å².